The van der Waals surface area contributed by atoms with Crippen molar-refractivity contribution in [2.45, 2.75) is 27.2 Å². The van der Waals surface area contributed by atoms with E-state index in [0.717, 1.165) is 19.6 Å². The zero-order chi connectivity index (χ0) is 12.4. The molecule has 0 atom stereocenters. The third-order valence-electron chi connectivity index (χ3n) is 2.52. The smallest absolute Gasteiger partial charge is 0.0236 e. The van der Waals surface area contributed by atoms with Gasteiger partial charge in [-0.1, -0.05) is 56.9 Å². The monoisotopic (exact) mass is 219 g/mol. The molecule has 0 amide bonds. The maximum atomic E-state index is 3.80. The van der Waals surface area contributed by atoms with Crippen LogP contribution in [-0.4, -0.2) is 24.5 Å². The standard InChI is InChI=1S/C13H19N.C2H6/c1-4-6-13(5-2)11-14-9-7-12(3)8-10-14;1-2/h4-7H,1-2,8-11H2,3H3;1-2H3/b13-6+;. The summed E-state index contributed by atoms with van der Waals surface area (Å²) in [5, 5.41) is 0. The van der Waals surface area contributed by atoms with Crippen LogP contribution in [0, 0.1) is 0 Å². The molecular formula is C15H25N. The minimum absolute atomic E-state index is 0.985. The second-order valence-corrected chi connectivity index (χ2v) is 3.72. The average molecular weight is 219 g/mol. The van der Waals surface area contributed by atoms with Gasteiger partial charge in [-0.05, 0) is 18.9 Å². The molecule has 0 aromatic heterocycles. The Morgan fingerprint density at radius 1 is 1.44 bits per heavy atom. The maximum absolute atomic E-state index is 3.80. The predicted octanol–water partition coefficient (Wildman–Crippen LogP) is 3.96. The zero-order valence-corrected chi connectivity index (χ0v) is 11.0. The van der Waals surface area contributed by atoms with Crippen molar-refractivity contribution >= 4 is 0 Å². The molecular weight excluding hydrogens is 194 g/mol. The van der Waals surface area contributed by atoms with Crippen molar-refractivity contribution in [1.82, 2.24) is 4.90 Å². The predicted molar refractivity (Wildman–Crippen MR) is 74.6 cm³/mol. The van der Waals surface area contributed by atoms with Crippen LogP contribution in [-0.2, 0) is 0 Å². The molecule has 1 heterocycles. The minimum Gasteiger partial charge on any atom is -0.295 e. The van der Waals surface area contributed by atoms with E-state index >= 15 is 0 Å². The van der Waals surface area contributed by atoms with Gasteiger partial charge in [-0.15, -0.1) is 0 Å². The molecule has 0 N–H and O–H groups in total. The Morgan fingerprint density at radius 3 is 2.56 bits per heavy atom. The molecule has 90 valence electrons. The molecule has 0 saturated carbocycles. The highest BCUT2D eigenvalue weighted by Gasteiger charge is 2.08. The van der Waals surface area contributed by atoms with Crippen molar-refractivity contribution in [2.75, 3.05) is 19.6 Å². The van der Waals surface area contributed by atoms with Gasteiger partial charge in [0.15, 0.2) is 0 Å². The highest BCUT2D eigenvalue weighted by Crippen LogP contribution is 2.11. The van der Waals surface area contributed by atoms with Gasteiger partial charge in [0.05, 0.1) is 0 Å². The van der Waals surface area contributed by atoms with Gasteiger partial charge in [-0.2, -0.15) is 0 Å². The molecule has 0 unspecified atom stereocenters. The van der Waals surface area contributed by atoms with Crippen LogP contribution in [0.3, 0.4) is 0 Å². The summed E-state index contributed by atoms with van der Waals surface area (Å²) in [6, 6.07) is 0. The molecule has 0 fully saturated rings. The van der Waals surface area contributed by atoms with E-state index in [4.69, 9.17) is 0 Å². The molecule has 16 heavy (non-hydrogen) atoms. The SMILES string of the molecule is C=C/C=C(\C=C)CN1CC=C(C)CC1.CC. The highest BCUT2D eigenvalue weighted by atomic mass is 15.1. The minimum atomic E-state index is 0.985. The summed E-state index contributed by atoms with van der Waals surface area (Å²) in [5.74, 6) is 0. The Kier molecular flexibility index (Phi) is 8.55. The molecule has 0 saturated heterocycles. The lowest BCUT2D eigenvalue weighted by Gasteiger charge is -2.25. The summed E-state index contributed by atoms with van der Waals surface area (Å²) in [6.07, 6.45) is 9.25. The van der Waals surface area contributed by atoms with E-state index in [1.54, 1.807) is 0 Å². The molecule has 1 heteroatoms. The normalized spacial score (nSPS) is 16.9. The first-order valence-electron chi connectivity index (χ1n) is 6.08. The van der Waals surface area contributed by atoms with E-state index in [1.165, 1.54) is 17.6 Å². The fraction of sp³-hybridized carbons (Fsp3) is 0.467. The van der Waals surface area contributed by atoms with E-state index in [9.17, 15) is 0 Å². The second-order valence-electron chi connectivity index (χ2n) is 3.72. The Labute approximate surface area is 101 Å². The third kappa shape index (κ3) is 5.72. The van der Waals surface area contributed by atoms with Gasteiger partial charge in [0, 0.05) is 19.6 Å². The Balaban J connectivity index is 0.00000106. The molecule has 0 radical (unpaired) electrons. The second kappa shape index (κ2) is 9.17. The van der Waals surface area contributed by atoms with Gasteiger partial charge >= 0.3 is 0 Å². The lowest BCUT2D eigenvalue weighted by molar-refractivity contribution is 0.320. The van der Waals surface area contributed by atoms with Crippen molar-refractivity contribution in [1.29, 1.82) is 0 Å². The first kappa shape index (κ1) is 14.9. The summed E-state index contributed by atoms with van der Waals surface area (Å²) < 4.78 is 0. The zero-order valence-electron chi connectivity index (χ0n) is 11.0. The third-order valence-corrected chi connectivity index (χ3v) is 2.52. The summed E-state index contributed by atoms with van der Waals surface area (Å²) in [5.41, 5.74) is 2.75. The Morgan fingerprint density at radius 2 is 2.12 bits per heavy atom. The molecule has 0 aliphatic carbocycles. The lowest BCUT2D eigenvalue weighted by atomic mass is 10.1. The first-order chi connectivity index (χ1) is 7.76. The fourth-order valence-electron chi connectivity index (χ4n) is 1.55. The van der Waals surface area contributed by atoms with Crippen LogP contribution in [0.2, 0.25) is 0 Å². The summed E-state index contributed by atoms with van der Waals surface area (Å²) >= 11 is 0. The van der Waals surface area contributed by atoms with Crippen LogP contribution in [0.15, 0.2) is 48.6 Å². The van der Waals surface area contributed by atoms with Crippen LogP contribution in [0.5, 0.6) is 0 Å². The fourth-order valence-corrected chi connectivity index (χ4v) is 1.55. The summed E-state index contributed by atoms with van der Waals surface area (Å²) in [7, 11) is 0. The highest BCUT2D eigenvalue weighted by molar-refractivity contribution is 5.23. The summed E-state index contributed by atoms with van der Waals surface area (Å²) in [4.78, 5) is 2.42. The van der Waals surface area contributed by atoms with Crippen molar-refractivity contribution in [3.8, 4) is 0 Å². The van der Waals surface area contributed by atoms with Gasteiger partial charge in [0.25, 0.3) is 0 Å². The molecule has 1 aliphatic rings. The molecule has 0 aromatic rings. The lowest BCUT2D eigenvalue weighted by Crippen LogP contribution is -2.30. The Hall–Kier alpha value is -1.08. The van der Waals surface area contributed by atoms with E-state index in [0.29, 0.717) is 0 Å². The quantitative estimate of drug-likeness (QED) is 0.511. The largest absolute Gasteiger partial charge is 0.295 e. The van der Waals surface area contributed by atoms with Gasteiger partial charge < -0.3 is 0 Å². The van der Waals surface area contributed by atoms with Crippen molar-refractivity contribution in [3.63, 3.8) is 0 Å². The van der Waals surface area contributed by atoms with Gasteiger partial charge in [-0.3, -0.25) is 4.90 Å². The molecule has 1 aliphatic heterocycles. The van der Waals surface area contributed by atoms with Gasteiger partial charge in [0.1, 0.15) is 0 Å². The topological polar surface area (TPSA) is 3.24 Å². The van der Waals surface area contributed by atoms with Crippen LogP contribution in [0.25, 0.3) is 0 Å². The number of hydrogen-bond acceptors (Lipinski definition) is 1. The molecule has 0 spiro atoms. The van der Waals surface area contributed by atoms with E-state index in [1.807, 2.05) is 32.1 Å². The number of hydrogen-bond donors (Lipinski definition) is 0. The first-order valence-corrected chi connectivity index (χ1v) is 6.08. The van der Waals surface area contributed by atoms with Crippen molar-refractivity contribution in [2.24, 2.45) is 0 Å². The molecule has 1 nitrogen and oxygen atoms in total. The van der Waals surface area contributed by atoms with Crippen LogP contribution >= 0.6 is 0 Å². The van der Waals surface area contributed by atoms with Crippen LogP contribution < -0.4 is 0 Å². The number of rotatable bonds is 4. The van der Waals surface area contributed by atoms with E-state index < -0.39 is 0 Å². The van der Waals surface area contributed by atoms with Crippen molar-refractivity contribution < 1.29 is 0 Å². The number of allylic oxidation sites excluding steroid dienone is 2. The van der Waals surface area contributed by atoms with E-state index in [-0.39, 0.29) is 0 Å². The molecule has 0 aromatic carbocycles. The van der Waals surface area contributed by atoms with Gasteiger partial charge in [-0.25, -0.2) is 0 Å². The van der Waals surface area contributed by atoms with Crippen LogP contribution in [0.4, 0.5) is 0 Å². The van der Waals surface area contributed by atoms with Gasteiger partial charge in [0.2, 0.25) is 0 Å². The van der Waals surface area contributed by atoms with Crippen LogP contribution in [0.1, 0.15) is 27.2 Å². The molecule has 1 rings (SSSR count). The molecule has 0 bridgehead atoms. The number of nitrogens with zero attached hydrogens (tertiary/aromatic N) is 1. The summed E-state index contributed by atoms with van der Waals surface area (Å²) in [6.45, 7) is 16.9. The van der Waals surface area contributed by atoms with E-state index in [2.05, 4.69) is 31.1 Å². The maximum Gasteiger partial charge on any atom is 0.0236 e. The Bertz CT molecular complexity index is 271. The average Bonchev–Trinajstić information content (AvgIpc) is 2.34. The van der Waals surface area contributed by atoms with Crippen molar-refractivity contribution in [3.05, 3.63) is 48.6 Å².